The molecule has 3 aromatic rings. The van der Waals surface area contributed by atoms with Crippen molar-refractivity contribution in [2.75, 3.05) is 0 Å². The normalized spacial score (nSPS) is 23.4. The van der Waals surface area contributed by atoms with E-state index in [0.717, 1.165) is 62.1 Å². The number of aromatic amines is 1. The minimum atomic E-state index is 0.144. The molecule has 0 spiro atoms. The zero-order valence-corrected chi connectivity index (χ0v) is 19.7. The second-order valence-electron chi connectivity index (χ2n) is 9.47. The van der Waals surface area contributed by atoms with Gasteiger partial charge in [-0.25, -0.2) is 0 Å². The van der Waals surface area contributed by atoms with E-state index < -0.39 is 0 Å². The lowest BCUT2D eigenvalue weighted by Crippen LogP contribution is -2.38. The number of nitrogens with zero attached hydrogens (tertiary/aromatic N) is 1. The van der Waals surface area contributed by atoms with Crippen LogP contribution in [0.1, 0.15) is 80.0 Å². The van der Waals surface area contributed by atoms with Crippen LogP contribution in [-0.2, 0) is 6.42 Å². The number of ether oxygens (including phenoxy) is 2. The van der Waals surface area contributed by atoms with Gasteiger partial charge >= 0.3 is 0 Å². The van der Waals surface area contributed by atoms with Gasteiger partial charge in [-0.15, -0.1) is 0 Å². The van der Waals surface area contributed by atoms with Crippen molar-refractivity contribution in [3.05, 3.63) is 77.1 Å². The predicted octanol–water partition coefficient (Wildman–Crippen LogP) is 6.22. The topological polar surface area (TPSA) is 59.2 Å². The van der Waals surface area contributed by atoms with Crippen molar-refractivity contribution in [1.82, 2.24) is 15.5 Å². The Kier molecular flexibility index (Phi) is 6.68. The molecule has 5 rings (SSSR count). The summed E-state index contributed by atoms with van der Waals surface area (Å²) in [5, 5.41) is 11.2. The van der Waals surface area contributed by atoms with Crippen molar-refractivity contribution in [3.8, 4) is 11.5 Å². The highest BCUT2D eigenvalue weighted by Gasteiger charge is 2.26. The Bertz CT molecular complexity index is 1040. The van der Waals surface area contributed by atoms with Gasteiger partial charge in [0.25, 0.3) is 0 Å². The molecule has 2 atom stereocenters. The highest BCUT2D eigenvalue weighted by molar-refractivity contribution is 5.42. The Hall–Kier alpha value is -2.79. The summed E-state index contributed by atoms with van der Waals surface area (Å²) in [7, 11) is 0. The van der Waals surface area contributed by atoms with Crippen molar-refractivity contribution in [2.24, 2.45) is 0 Å². The quantitative estimate of drug-likeness (QED) is 0.454. The second-order valence-corrected chi connectivity index (χ2v) is 9.47. The smallest absolute Gasteiger partial charge is 0.124 e. The molecule has 0 amide bonds. The van der Waals surface area contributed by atoms with Crippen LogP contribution < -0.4 is 14.8 Å². The van der Waals surface area contributed by atoms with Crippen LogP contribution in [0.25, 0.3) is 0 Å². The van der Waals surface area contributed by atoms with E-state index in [1.54, 1.807) is 0 Å². The number of nitrogens with one attached hydrogen (secondary N) is 2. The maximum absolute atomic E-state index is 6.41. The summed E-state index contributed by atoms with van der Waals surface area (Å²) in [5.74, 6) is 1.97. The second kappa shape index (κ2) is 10.0. The number of aryl methyl sites for hydroxylation is 2. The van der Waals surface area contributed by atoms with Gasteiger partial charge in [-0.1, -0.05) is 37.3 Å². The van der Waals surface area contributed by atoms with Crippen LogP contribution in [0.4, 0.5) is 0 Å². The number of benzene rings is 2. The molecule has 1 aliphatic carbocycles. The lowest BCUT2D eigenvalue weighted by molar-refractivity contribution is 0.135. The van der Waals surface area contributed by atoms with E-state index in [1.807, 2.05) is 6.20 Å². The van der Waals surface area contributed by atoms with Gasteiger partial charge in [0.05, 0.1) is 11.8 Å². The standard InChI is InChI=1S/C28H35N3O2/c1-3-26(25-18-29-31-19(25)2)30-22-10-12-23(13-11-22)32-24-14-16-28-21(17-24)9-15-27(33-28)20-7-5-4-6-8-20/h4-8,14,16-18,22-23,26-27,30H,3,9-13,15H2,1-2H3,(H,29,31)/t22-,23-,26?,27?. The van der Waals surface area contributed by atoms with E-state index in [0.29, 0.717) is 18.2 Å². The average Bonchev–Trinajstić information content (AvgIpc) is 3.29. The molecule has 2 N–H and O–H groups in total. The monoisotopic (exact) mass is 445 g/mol. The predicted molar refractivity (Wildman–Crippen MR) is 131 cm³/mol. The molecule has 0 saturated heterocycles. The van der Waals surface area contributed by atoms with E-state index in [1.165, 1.54) is 16.7 Å². The summed E-state index contributed by atoms with van der Waals surface area (Å²) in [6, 6.07) is 17.8. The lowest BCUT2D eigenvalue weighted by Gasteiger charge is -2.32. The van der Waals surface area contributed by atoms with Crippen LogP contribution in [0.5, 0.6) is 11.5 Å². The molecule has 1 saturated carbocycles. The van der Waals surface area contributed by atoms with E-state index in [-0.39, 0.29) is 6.10 Å². The van der Waals surface area contributed by atoms with Crippen molar-refractivity contribution < 1.29 is 9.47 Å². The Balaban J connectivity index is 1.14. The third-order valence-electron chi connectivity index (χ3n) is 7.22. The Morgan fingerprint density at radius 1 is 1.09 bits per heavy atom. The summed E-state index contributed by atoms with van der Waals surface area (Å²) >= 11 is 0. The van der Waals surface area contributed by atoms with Gasteiger partial charge in [0, 0.05) is 23.8 Å². The number of hydrogen-bond donors (Lipinski definition) is 2. The van der Waals surface area contributed by atoms with Crippen LogP contribution >= 0.6 is 0 Å². The maximum atomic E-state index is 6.41. The fraction of sp³-hybridized carbons (Fsp3) is 0.464. The number of hydrogen-bond acceptors (Lipinski definition) is 4. The first-order chi connectivity index (χ1) is 16.2. The molecule has 2 aliphatic rings. The van der Waals surface area contributed by atoms with Gasteiger partial charge in [0.1, 0.15) is 17.6 Å². The van der Waals surface area contributed by atoms with Gasteiger partial charge in [0.2, 0.25) is 0 Å². The maximum Gasteiger partial charge on any atom is 0.124 e. The fourth-order valence-corrected chi connectivity index (χ4v) is 5.31. The van der Waals surface area contributed by atoms with Crippen LogP contribution in [0.3, 0.4) is 0 Å². The molecule has 33 heavy (non-hydrogen) atoms. The first-order valence-corrected chi connectivity index (χ1v) is 12.5. The van der Waals surface area contributed by atoms with Crippen LogP contribution in [0.15, 0.2) is 54.7 Å². The Morgan fingerprint density at radius 3 is 2.64 bits per heavy atom. The third-order valence-corrected chi connectivity index (χ3v) is 7.22. The fourth-order valence-electron chi connectivity index (χ4n) is 5.31. The molecule has 174 valence electrons. The van der Waals surface area contributed by atoms with Gasteiger partial charge in [0.15, 0.2) is 0 Å². The van der Waals surface area contributed by atoms with Crippen molar-refractivity contribution in [3.63, 3.8) is 0 Å². The third kappa shape index (κ3) is 5.09. The molecule has 1 aliphatic heterocycles. The molecule has 5 nitrogen and oxygen atoms in total. The molecular formula is C28H35N3O2. The molecule has 2 heterocycles. The number of fused-ring (bicyclic) bond motifs is 1. The van der Waals surface area contributed by atoms with Gasteiger partial charge in [-0.2, -0.15) is 5.10 Å². The Labute approximate surface area is 196 Å². The molecule has 1 fully saturated rings. The van der Waals surface area contributed by atoms with Crippen molar-refractivity contribution in [2.45, 2.75) is 83.1 Å². The minimum Gasteiger partial charge on any atom is -0.490 e. The zero-order chi connectivity index (χ0) is 22.6. The Morgan fingerprint density at radius 2 is 1.91 bits per heavy atom. The van der Waals surface area contributed by atoms with E-state index in [9.17, 15) is 0 Å². The largest absolute Gasteiger partial charge is 0.490 e. The molecule has 2 unspecified atom stereocenters. The van der Waals surface area contributed by atoms with E-state index in [4.69, 9.17) is 9.47 Å². The molecule has 5 heteroatoms. The average molecular weight is 446 g/mol. The van der Waals surface area contributed by atoms with Gasteiger partial charge in [-0.05, 0) is 81.2 Å². The first-order valence-electron chi connectivity index (χ1n) is 12.5. The molecule has 2 aromatic carbocycles. The zero-order valence-electron chi connectivity index (χ0n) is 19.7. The van der Waals surface area contributed by atoms with Gasteiger partial charge in [-0.3, -0.25) is 5.10 Å². The number of rotatable bonds is 7. The summed E-state index contributed by atoms with van der Waals surface area (Å²) < 4.78 is 12.7. The molecule has 0 bridgehead atoms. The summed E-state index contributed by atoms with van der Waals surface area (Å²) in [4.78, 5) is 0. The first kappa shape index (κ1) is 22.0. The highest BCUT2D eigenvalue weighted by Crippen LogP contribution is 2.37. The number of aromatic nitrogens is 2. The van der Waals surface area contributed by atoms with E-state index >= 15 is 0 Å². The number of H-pyrrole nitrogens is 1. The lowest BCUT2D eigenvalue weighted by atomic mass is 9.91. The van der Waals surface area contributed by atoms with Crippen LogP contribution in [0.2, 0.25) is 0 Å². The van der Waals surface area contributed by atoms with Crippen LogP contribution in [0, 0.1) is 6.92 Å². The summed E-state index contributed by atoms with van der Waals surface area (Å²) in [6.07, 6.45) is 10.0. The van der Waals surface area contributed by atoms with Crippen LogP contribution in [-0.4, -0.2) is 22.3 Å². The minimum absolute atomic E-state index is 0.144. The molecular weight excluding hydrogens is 410 g/mol. The molecule has 0 radical (unpaired) electrons. The van der Waals surface area contributed by atoms with E-state index in [2.05, 4.69) is 77.9 Å². The highest BCUT2D eigenvalue weighted by atomic mass is 16.5. The SMILES string of the molecule is CCC(N[C@H]1CC[C@H](Oc2ccc3c(c2)CCC(c2ccccc2)O3)CC1)c1c[nH]nc1C. The summed E-state index contributed by atoms with van der Waals surface area (Å²) in [6.45, 7) is 4.31. The molecule has 1 aromatic heterocycles. The van der Waals surface area contributed by atoms with Crippen molar-refractivity contribution >= 4 is 0 Å². The summed E-state index contributed by atoms with van der Waals surface area (Å²) in [5.41, 5.74) is 4.90. The van der Waals surface area contributed by atoms with Gasteiger partial charge < -0.3 is 14.8 Å². The van der Waals surface area contributed by atoms with Crippen molar-refractivity contribution in [1.29, 1.82) is 0 Å².